The number of methoxy groups -OCH3 is 1. The highest BCUT2D eigenvalue weighted by molar-refractivity contribution is 5.83. The minimum absolute atomic E-state index is 0.0627. The average molecular weight is 281 g/mol. The summed E-state index contributed by atoms with van der Waals surface area (Å²) in [4.78, 5) is 15.7. The van der Waals surface area contributed by atoms with Crippen LogP contribution in [0.1, 0.15) is 12.8 Å². The maximum atomic E-state index is 13.5. The Bertz CT molecular complexity index is 501. The molecule has 0 radical (unpaired) electrons. The first-order chi connectivity index (χ1) is 9.52. The minimum atomic E-state index is -0.506. The zero-order valence-corrected chi connectivity index (χ0v) is 11.9. The number of anilines is 2. The third kappa shape index (κ3) is 2.95. The van der Waals surface area contributed by atoms with E-state index in [2.05, 4.69) is 0 Å². The van der Waals surface area contributed by atoms with Crippen LogP contribution in [0.15, 0.2) is 12.1 Å². The molecule has 2 N–H and O–H groups in total. The molecule has 0 spiro atoms. The molecule has 110 valence electrons. The lowest BCUT2D eigenvalue weighted by Crippen LogP contribution is -2.37. The SMILES string of the molecule is COc1cc(N(C)CC(=O)N2CCCC2)c(N)cc1F. The summed E-state index contributed by atoms with van der Waals surface area (Å²) in [6.07, 6.45) is 2.12. The first-order valence-corrected chi connectivity index (χ1v) is 6.65. The van der Waals surface area contributed by atoms with Gasteiger partial charge in [0.2, 0.25) is 5.91 Å². The van der Waals surface area contributed by atoms with Gasteiger partial charge in [0.25, 0.3) is 0 Å². The number of likely N-dealkylation sites (N-methyl/N-ethyl adjacent to an activating group) is 1. The molecule has 1 aromatic carbocycles. The van der Waals surface area contributed by atoms with Gasteiger partial charge in [0, 0.05) is 32.3 Å². The summed E-state index contributed by atoms with van der Waals surface area (Å²) in [5, 5.41) is 0. The molecule has 1 aliphatic rings. The van der Waals surface area contributed by atoms with Crippen molar-refractivity contribution in [3.05, 3.63) is 17.9 Å². The minimum Gasteiger partial charge on any atom is -0.494 e. The van der Waals surface area contributed by atoms with Crippen molar-refractivity contribution in [2.45, 2.75) is 12.8 Å². The van der Waals surface area contributed by atoms with E-state index in [1.165, 1.54) is 19.2 Å². The normalized spacial score (nSPS) is 14.4. The Hall–Kier alpha value is -1.98. The molecule has 1 saturated heterocycles. The molecular formula is C14H20FN3O2. The largest absolute Gasteiger partial charge is 0.494 e. The van der Waals surface area contributed by atoms with E-state index >= 15 is 0 Å². The van der Waals surface area contributed by atoms with E-state index in [-0.39, 0.29) is 18.2 Å². The summed E-state index contributed by atoms with van der Waals surface area (Å²) in [6.45, 7) is 1.85. The first kappa shape index (κ1) is 14.4. The van der Waals surface area contributed by atoms with Crippen LogP contribution in [0.4, 0.5) is 15.8 Å². The van der Waals surface area contributed by atoms with Gasteiger partial charge in [0.15, 0.2) is 11.6 Å². The number of nitrogens with zero attached hydrogens (tertiary/aromatic N) is 2. The van der Waals surface area contributed by atoms with Gasteiger partial charge in [-0.3, -0.25) is 4.79 Å². The van der Waals surface area contributed by atoms with E-state index in [1.54, 1.807) is 11.9 Å². The summed E-state index contributed by atoms with van der Waals surface area (Å²) in [5.74, 6) is -0.324. The summed E-state index contributed by atoms with van der Waals surface area (Å²) in [6, 6.07) is 2.73. The van der Waals surface area contributed by atoms with Crippen molar-refractivity contribution in [3.63, 3.8) is 0 Å². The number of rotatable bonds is 4. The third-order valence-corrected chi connectivity index (χ3v) is 3.54. The molecule has 0 atom stereocenters. The maximum Gasteiger partial charge on any atom is 0.242 e. The molecule has 5 nitrogen and oxygen atoms in total. The fourth-order valence-corrected chi connectivity index (χ4v) is 2.40. The van der Waals surface area contributed by atoms with Crippen LogP contribution in [-0.2, 0) is 4.79 Å². The highest BCUT2D eigenvalue weighted by Crippen LogP contribution is 2.30. The average Bonchev–Trinajstić information content (AvgIpc) is 2.92. The second kappa shape index (κ2) is 5.98. The van der Waals surface area contributed by atoms with Gasteiger partial charge >= 0.3 is 0 Å². The Labute approximate surface area is 118 Å². The number of hydrogen-bond acceptors (Lipinski definition) is 4. The highest BCUT2D eigenvalue weighted by atomic mass is 19.1. The van der Waals surface area contributed by atoms with Crippen LogP contribution in [0.3, 0.4) is 0 Å². The Morgan fingerprint density at radius 2 is 2.10 bits per heavy atom. The first-order valence-electron chi connectivity index (χ1n) is 6.65. The number of carbonyl (C=O) groups excluding carboxylic acids is 1. The number of halogens is 1. The molecule has 1 amide bonds. The van der Waals surface area contributed by atoms with Gasteiger partial charge in [-0.1, -0.05) is 0 Å². The molecule has 1 heterocycles. The van der Waals surface area contributed by atoms with E-state index in [4.69, 9.17) is 10.5 Å². The zero-order valence-electron chi connectivity index (χ0n) is 11.9. The fraction of sp³-hybridized carbons (Fsp3) is 0.500. The molecular weight excluding hydrogens is 261 g/mol. The van der Waals surface area contributed by atoms with Gasteiger partial charge in [-0.05, 0) is 12.8 Å². The molecule has 1 aliphatic heterocycles. The standard InChI is InChI=1S/C14H20FN3O2/c1-17(9-14(19)18-5-3-4-6-18)12-8-13(20-2)10(15)7-11(12)16/h7-8H,3-6,9,16H2,1-2H3. The van der Waals surface area contributed by atoms with Crippen LogP contribution in [0.5, 0.6) is 5.75 Å². The summed E-state index contributed by atoms with van der Waals surface area (Å²) in [5.41, 5.74) is 6.70. The predicted octanol–water partition coefficient (Wildman–Crippen LogP) is 1.48. The molecule has 0 bridgehead atoms. The Balaban J connectivity index is 2.12. The number of nitrogens with two attached hydrogens (primary N) is 1. The van der Waals surface area contributed by atoms with Crippen LogP contribution in [-0.4, -0.2) is 44.6 Å². The Morgan fingerprint density at radius 1 is 1.45 bits per heavy atom. The quantitative estimate of drug-likeness (QED) is 0.849. The van der Waals surface area contributed by atoms with Crippen LogP contribution in [0.25, 0.3) is 0 Å². The number of carbonyl (C=O) groups is 1. The van der Waals surface area contributed by atoms with Crippen molar-refractivity contribution in [1.29, 1.82) is 0 Å². The smallest absolute Gasteiger partial charge is 0.242 e. The van der Waals surface area contributed by atoms with E-state index < -0.39 is 5.82 Å². The van der Waals surface area contributed by atoms with Gasteiger partial charge in [-0.2, -0.15) is 0 Å². The molecule has 0 saturated carbocycles. The van der Waals surface area contributed by atoms with Crippen LogP contribution in [0, 0.1) is 5.82 Å². The van der Waals surface area contributed by atoms with Crippen LogP contribution >= 0.6 is 0 Å². The number of benzene rings is 1. The Kier molecular flexibility index (Phi) is 4.32. The van der Waals surface area contributed by atoms with Crippen molar-refractivity contribution in [3.8, 4) is 5.75 Å². The molecule has 1 aromatic rings. The maximum absolute atomic E-state index is 13.5. The lowest BCUT2D eigenvalue weighted by Gasteiger charge is -2.24. The number of ether oxygens (including phenoxy) is 1. The fourth-order valence-electron chi connectivity index (χ4n) is 2.40. The van der Waals surface area contributed by atoms with Crippen molar-refractivity contribution in [2.75, 3.05) is 44.4 Å². The number of amides is 1. The molecule has 0 unspecified atom stereocenters. The van der Waals surface area contributed by atoms with Gasteiger partial charge in [-0.25, -0.2) is 4.39 Å². The third-order valence-electron chi connectivity index (χ3n) is 3.54. The second-order valence-corrected chi connectivity index (χ2v) is 4.99. The van der Waals surface area contributed by atoms with Gasteiger partial charge in [0.05, 0.1) is 25.0 Å². The van der Waals surface area contributed by atoms with E-state index in [1.807, 2.05) is 4.90 Å². The molecule has 6 heteroatoms. The van der Waals surface area contributed by atoms with Crippen LogP contribution in [0.2, 0.25) is 0 Å². The molecule has 0 aliphatic carbocycles. The second-order valence-electron chi connectivity index (χ2n) is 4.99. The van der Waals surface area contributed by atoms with Gasteiger partial charge in [0.1, 0.15) is 0 Å². The Morgan fingerprint density at radius 3 is 2.70 bits per heavy atom. The summed E-state index contributed by atoms with van der Waals surface area (Å²) in [7, 11) is 3.16. The lowest BCUT2D eigenvalue weighted by atomic mass is 10.2. The van der Waals surface area contributed by atoms with Crippen molar-refractivity contribution in [2.24, 2.45) is 0 Å². The van der Waals surface area contributed by atoms with Gasteiger partial charge < -0.3 is 20.3 Å². The predicted molar refractivity (Wildman–Crippen MR) is 76.4 cm³/mol. The van der Waals surface area contributed by atoms with E-state index in [0.717, 1.165) is 25.9 Å². The zero-order chi connectivity index (χ0) is 14.7. The van der Waals surface area contributed by atoms with E-state index in [0.29, 0.717) is 11.4 Å². The molecule has 1 fully saturated rings. The number of nitrogen functional groups attached to an aromatic ring is 1. The van der Waals surface area contributed by atoms with Crippen molar-refractivity contribution >= 4 is 17.3 Å². The monoisotopic (exact) mass is 281 g/mol. The summed E-state index contributed by atoms with van der Waals surface area (Å²) < 4.78 is 18.4. The molecule has 0 aromatic heterocycles. The topological polar surface area (TPSA) is 58.8 Å². The lowest BCUT2D eigenvalue weighted by molar-refractivity contribution is -0.128. The van der Waals surface area contributed by atoms with Crippen LogP contribution < -0.4 is 15.4 Å². The highest BCUT2D eigenvalue weighted by Gasteiger charge is 2.20. The van der Waals surface area contributed by atoms with Gasteiger partial charge in [-0.15, -0.1) is 0 Å². The molecule has 20 heavy (non-hydrogen) atoms. The number of hydrogen-bond donors (Lipinski definition) is 1. The summed E-state index contributed by atoms with van der Waals surface area (Å²) >= 11 is 0. The van der Waals surface area contributed by atoms with Crippen molar-refractivity contribution < 1.29 is 13.9 Å². The number of likely N-dealkylation sites (tertiary alicyclic amines) is 1. The van der Waals surface area contributed by atoms with Crippen molar-refractivity contribution in [1.82, 2.24) is 4.90 Å². The molecule has 2 rings (SSSR count). The van der Waals surface area contributed by atoms with E-state index in [9.17, 15) is 9.18 Å².